The third-order valence-corrected chi connectivity index (χ3v) is 3.08. The number of furan rings is 2. The predicted octanol–water partition coefficient (Wildman–Crippen LogP) is 3.52. The maximum Gasteiger partial charge on any atom is 0.287 e. The van der Waals surface area contributed by atoms with Crippen molar-refractivity contribution < 1.29 is 22.8 Å². The molecule has 0 unspecified atom stereocenters. The molecule has 1 amide bonds. The number of ether oxygens (including phenoxy) is 1. The number of benzene rings is 1. The van der Waals surface area contributed by atoms with E-state index in [-0.39, 0.29) is 30.6 Å². The summed E-state index contributed by atoms with van der Waals surface area (Å²) in [5, 5.41) is 2.69. The molecule has 0 aliphatic rings. The summed E-state index contributed by atoms with van der Waals surface area (Å²) in [5.74, 6) is 1.20. The van der Waals surface area contributed by atoms with E-state index in [1.807, 2.05) is 0 Å². The Morgan fingerprint density at radius 2 is 1.91 bits per heavy atom. The molecule has 0 aliphatic carbocycles. The van der Waals surface area contributed by atoms with Crippen LogP contribution in [0.5, 0.6) is 5.75 Å². The molecule has 1 aromatic carbocycles. The summed E-state index contributed by atoms with van der Waals surface area (Å²) in [5.41, 5.74) is 0. The van der Waals surface area contributed by atoms with Gasteiger partial charge < -0.3 is 18.9 Å². The van der Waals surface area contributed by atoms with Crippen molar-refractivity contribution in [2.24, 2.45) is 0 Å². The molecule has 2 aromatic heterocycles. The number of hydrogen-bond donors (Lipinski definition) is 1. The van der Waals surface area contributed by atoms with Crippen molar-refractivity contribution in [1.82, 2.24) is 5.32 Å². The standard InChI is InChI=1S/C17H14FNO4/c18-12-3-5-13(6-4-12)22-11-15-7-8-16(23-15)17(20)19-10-14-2-1-9-21-14/h1-9H,10-11H2,(H,19,20). The molecule has 0 radical (unpaired) electrons. The number of amides is 1. The second kappa shape index (κ2) is 6.83. The zero-order chi connectivity index (χ0) is 16.1. The van der Waals surface area contributed by atoms with E-state index in [0.29, 0.717) is 17.3 Å². The monoisotopic (exact) mass is 315 g/mol. The van der Waals surface area contributed by atoms with Crippen LogP contribution in [0.2, 0.25) is 0 Å². The first-order chi connectivity index (χ1) is 11.2. The highest BCUT2D eigenvalue weighted by molar-refractivity contribution is 5.91. The molecule has 0 saturated carbocycles. The highest BCUT2D eigenvalue weighted by Gasteiger charge is 2.11. The third-order valence-electron chi connectivity index (χ3n) is 3.08. The van der Waals surface area contributed by atoms with E-state index >= 15 is 0 Å². The number of carbonyl (C=O) groups excluding carboxylic acids is 1. The van der Waals surface area contributed by atoms with Crippen LogP contribution in [0.1, 0.15) is 22.1 Å². The van der Waals surface area contributed by atoms with Crippen molar-refractivity contribution in [3.63, 3.8) is 0 Å². The Morgan fingerprint density at radius 3 is 2.65 bits per heavy atom. The lowest BCUT2D eigenvalue weighted by atomic mass is 10.3. The summed E-state index contributed by atoms with van der Waals surface area (Å²) in [7, 11) is 0. The molecule has 0 fully saturated rings. The fourth-order valence-corrected chi connectivity index (χ4v) is 1.93. The molecular formula is C17H14FNO4. The van der Waals surface area contributed by atoms with Crippen molar-refractivity contribution in [2.75, 3.05) is 0 Å². The molecule has 0 atom stereocenters. The van der Waals surface area contributed by atoms with Crippen LogP contribution in [-0.4, -0.2) is 5.91 Å². The molecule has 5 nitrogen and oxygen atoms in total. The largest absolute Gasteiger partial charge is 0.486 e. The van der Waals surface area contributed by atoms with Crippen LogP contribution in [-0.2, 0) is 13.2 Å². The van der Waals surface area contributed by atoms with Crippen LogP contribution in [0.25, 0.3) is 0 Å². The fraction of sp³-hybridized carbons (Fsp3) is 0.118. The fourth-order valence-electron chi connectivity index (χ4n) is 1.93. The highest BCUT2D eigenvalue weighted by atomic mass is 19.1. The van der Waals surface area contributed by atoms with Gasteiger partial charge in [0.2, 0.25) is 0 Å². The van der Waals surface area contributed by atoms with Gasteiger partial charge in [0.1, 0.15) is 29.7 Å². The summed E-state index contributed by atoms with van der Waals surface area (Å²) < 4.78 is 28.8. The normalized spacial score (nSPS) is 10.5. The van der Waals surface area contributed by atoms with Gasteiger partial charge in [-0.25, -0.2) is 4.39 Å². The minimum atomic E-state index is -0.338. The minimum Gasteiger partial charge on any atom is -0.486 e. The maximum atomic E-state index is 12.8. The molecule has 1 N–H and O–H groups in total. The first-order valence-electron chi connectivity index (χ1n) is 6.98. The van der Waals surface area contributed by atoms with Gasteiger partial charge in [0.25, 0.3) is 5.91 Å². The van der Waals surface area contributed by atoms with E-state index in [1.165, 1.54) is 24.3 Å². The molecule has 3 aromatic rings. The zero-order valence-corrected chi connectivity index (χ0v) is 12.1. The average Bonchev–Trinajstić information content (AvgIpc) is 3.24. The second-order valence-electron chi connectivity index (χ2n) is 4.77. The summed E-state index contributed by atoms with van der Waals surface area (Å²) in [6, 6.07) is 12.4. The highest BCUT2D eigenvalue weighted by Crippen LogP contribution is 2.15. The summed E-state index contributed by atoms with van der Waals surface area (Å²) >= 11 is 0. The van der Waals surface area contributed by atoms with Crippen LogP contribution in [0, 0.1) is 5.82 Å². The SMILES string of the molecule is O=C(NCc1ccco1)c1ccc(COc2ccc(F)cc2)o1. The van der Waals surface area contributed by atoms with Gasteiger partial charge in [-0.2, -0.15) is 0 Å². The molecule has 23 heavy (non-hydrogen) atoms. The van der Waals surface area contributed by atoms with E-state index in [1.54, 1.807) is 30.5 Å². The van der Waals surface area contributed by atoms with Gasteiger partial charge in [-0.15, -0.1) is 0 Å². The predicted molar refractivity (Wildman–Crippen MR) is 79.3 cm³/mol. The van der Waals surface area contributed by atoms with Gasteiger partial charge in [0.15, 0.2) is 5.76 Å². The van der Waals surface area contributed by atoms with Gasteiger partial charge in [0, 0.05) is 0 Å². The molecule has 118 valence electrons. The Balaban J connectivity index is 1.52. The van der Waals surface area contributed by atoms with Crippen LogP contribution < -0.4 is 10.1 Å². The average molecular weight is 315 g/mol. The van der Waals surface area contributed by atoms with Crippen molar-refractivity contribution in [3.05, 3.63) is 77.9 Å². The summed E-state index contributed by atoms with van der Waals surface area (Å²) in [6.07, 6.45) is 1.54. The van der Waals surface area contributed by atoms with Crippen LogP contribution in [0.4, 0.5) is 4.39 Å². The van der Waals surface area contributed by atoms with Crippen molar-refractivity contribution in [1.29, 1.82) is 0 Å². The van der Waals surface area contributed by atoms with E-state index in [2.05, 4.69) is 5.32 Å². The molecule has 2 heterocycles. The molecule has 3 rings (SSSR count). The lowest BCUT2D eigenvalue weighted by Gasteiger charge is -2.04. The number of rotatable bonds is 6. The van der Waals surface area contributed by atoms with Crippen LogP contribution in [0.15, 0.2) is 63.6 Å². The van der Waals surface area contributed by atoms with E-state index < -0.39 is 0 Å². The Hall–Kier alpha value is -3.02. The summed E-state index contributed by atoms with van der Waals surface area (Å²) in [6.45, 7) is 0.436. The van der Waals surface area contributed by atoms with Crippen LogP contribution in [0.3, 0.4) is 0 Å². The van der Waals surface area contributed by atoms with Gasteiger partial charge in [-0.05, 0) is 48.5 Å². The van der Waals surface area contributed by atoms with Crippen molar-refractivity contribution >= 4 is 5.91 Å². The Bertz CT molecular complexity index is 762. The number of hydrogen-bond acceptors (Lipinski definition) is 4. The summed E-state index contributed by atoms with van der Waals surface area (Å²) in [4.78, 5) is 11.9. The quantitative estimate of drug-likeness (QED) is 0.756. The molecule has 0 aliphatic heterocycles. The van der Waals surface area contributed by atoms with Gasteiger partial charge in [-0.1, -0.05) is 0 Å². The maximum absolute atomic E-state index is 12.8. The molecule has 0 bridgehead atoms. The second-order valence-corrected chi connectivity index (χ2v) is 4.77. The number of carbonyl (C=O) groups is 1. The van der Waals surface area contributed by atoms with Crippen LogP contribution >= 0.6 is 0 Å². The number of halogens is 1. The molecule has 0 saturated heterocycles. The van der Waals surface area contributed by atoms with Gasteiger partial charge in [-0.3, -0.25) is 4.79 Å². The Morgan fingerprint density at radius 1 is 1.09 bits per heavy atom. The van der Waals surface area contributed by atoms with Crippen molar-refractivity contribution in [3.8, 4) is 5.75 Å². The van der Waals surface area contributed by atoms with E-state index in [9.17, 15) is 9.18 Å². The topological polar surface area (TPSA) is 64.6 Å². The zero-order valence-electron chi connectivity index (χ0n) is 12.1. The first kappa shape index (κ1) is 14.9. The van der Waals surface area contributed by atoms with E-state index in [0.717, 1.165) is 0 Å². The molecular weight excluding hydrogens is 301 g/mol. The lowest BCUT2D eigenvalue weighted by molar-refractivity contribution is 0.0916. The smallest absolute Gasteiger partial charge is 0.287 e. The Labute approximate surface area is 131 Å². The number of nitrogens with one attached hydrogen (secondary N) is 1. The molecule has 6 heteroatoms. The first-order valence-corrected chi connectivity index (χ1v) is 6.98. The van der Waals surface area contributed by atoms with Gasteiger partial charge >= 0.3 is 0 Å². The Kier molecular flexibility index (Phi) is 4.42. The lowest BCUT2D eigenvalue weighted by Crippen LogP contribution is -2.21. The third kappa shape index (κ3) is 4.00. The van der Waals surface area contributed by atoms with E-state index in [4.69, 9.17) is 13.6 Å². The van der Waals surface area contributed by atoms with Crippen molar-refractivity contribution in [2.45, 2.75) is 13.2 Å². The van der Waals surface area contributed by atoms with Gasteiger partial charge in [0.05, 0.1) is 12.8 Å². The minimum absolute atomic E-state index is 0.150. The molecule has 0 spiro atoms.